The molecule has 5 rings (SSSR count). The molecule has 0 atom stereocenters. The third-order valence-corrected chi connectivity index (χ3v) is 5.84. The second kappa shape index (κ2) is 6.11. The summed E-state index contributed by atoms with van der Waals surface area (Å²) in [5.74, 6) is -0.464. The number of rotatable bonds is 3. The van der Waals surface area contributed by atoms with Gasteiger partial charge in [0.2, 0.25) is 0 Å². The van der Waals surface area contributed by atoms with Crippen LogP contribution in [-0.4, -0.2) is 30.4 Å². The molecule has 27 heavy (non-hydrogen) atoms. The van der Waals surface area contributed by atoms with Gasteiger partial charge in [-0.1, -0.05) is 6.07 Å². The summed E-state index contributed by atoms with van der Waals surface area (Å²) in [6, 6.07) is 7.33. The van der Waals surface area contributed by atoms with Gasteiger partial charge in [0.15, 0.2) is 0 Å². The van der Waals surface area contributed by atoms with Crippen LogP contribution in [0.25, 0.3) is 26.2 Å². The average Bonchev–Trinajstić information content (AvgIpc) is 3.42. The number of fused-ring (bicyclic) bond motifs is 2. The maximum atomic E-state index is 13.0. The molecule has 0 aliphatic rings. The smallest absolute Gasteiger partial charge is 0.267 e. The summed E-state index contributed by atoms with van der Waals surface area (Å²) in [5.41, 5.74) is 3.95. The fraction of sp³-hybridized carbons (Fsp3) is 0. The van der Waals surface area contributed by atoms with E-state index in [0.29, 0.717) is 21.3 Å². The Morgan fingerprint density at radius 2 is 2.07 bits per heavy atom. The topological polar surface area (TPSA) is 94.2 Å². The van der Waals surface area contributed by atoms with Crippen LogP contribution in [0.2, 0.25) is 0 Å². The Balaban J connectivity index is 1.57. The van der Waals surface area contributed by atoms with Crippen LogP contribution >= 0.6 is 22.7 Å². The van der Waals surface area contributed by atoms with Crippen LogP contribution < -0.4 is 11.0 Å². The van der Waals surface area contributed by atoms with Crippen molar-refractivity contribution in [1.29, 1.82) is 0 Å². The zero-order chi connectivity index (χ0) is 18.4. The van der Waals surface area contributed by atoms with Crippen molar-refractivity contribution in [3.8, 4) is 10.4 Å². The van der Waals surface area contributed by atoms with E-state index in [0.717, 1.165) is 15.1 Å². The molecule has 0 aliphatic heterocycles. The zero-order valence-electron chi connectivity index (χ0n) is 13.6. The van der Waals surface area contributed by atoms with Gasteiger partial charge in [-0.25, -0.2) is 9.66 Å². The van der Waals surface area contributed by atoms with Gasteiger partial charge in [0.25, 0.3) is 11.5 Å². The van der Waals surface area contributed by atoms with Crippen molar-refractivity contribution in [3.63, 3.8) is 0 Å². The molecule has 0 fully saturated rings. The number of hydrogen-bond donors (Lipinski definition) is 1. The lowest BCUT2D eigenvalue weighted by Crippen LogP contribution is -2.33. The molecule has 1 amide bonds. The van der Waals surface area contributed by atoms with Crippen molar-refractivity contribution >= 4 is 44.3 Å². The highest BCUT2D eigenvalue weighted by molar-refractivity contribution is 7.18. The van der Waals surface area contributed by atoms with Crippen LogP contribution in [0, 0.1) is 0 Å². The number of hydrogen-bond acceptors (Lipinski definition) is 7. The zero-order valence-corrected chi connectivity index (χ0v) is 15.2. The monoisotopic (exact) mass is 394 g/mol. The highest BCUT2D eigenvalue weighted by Gasteiger charge is 2.17. The molecule has 1 N–H and O–H groups in total. The summed E-state index contributed by atoms with van der Waals surface area (Å²) in [6.45, 7) is 0. The van der Waals surface area contributed by atoms with E-state index in [9.17, 15) is 9.59 Å². The maximum Gasteiger partial charge on any atom is 0.281 e. The van der Waals surface area contributed by atoms with Crippen LogP contribution in [0.3, 0.4) is 0 Å². The highest BCUT2D eigenvalue weighted by Crippen LogP contribution is 2.33. The first-order valence-electron chi connectivity index (χ1n) is 7.85. The van der Waals surface area contributed by atoms with E-state index in [1.807, 2.05) is 22.9 Å². The second-order valence-corrected chi connectivity index (χ2v) is 7.43. The number of nitrogens with one attached hydrogen (secondary N) is 1. The van der Waals surface area contributed by atoms with Crippen molar-refractivity contribution in [1.82, 2.24) is 24.5 Å². The van der Waals surface area contributed by atoms with Crippen molar-refractivity contribution in [2.24, 2.45) is 0 Å². The van der Waals surface area contributed by atoms with Gasteiger partial charge >= 0.3 is 0 Å². The van der Waals surface area contributed by atoms with Crippen LogP contribution in [-0.2, 0) is 0 Å². The van der Waals surface area contributed by atoms with Gasteiger partial charge in [0.05, 0.1) is 17.1 Å². The predicted molar refractivity (Wildman–Crippen MR) is 104 cm³/mol. The first-order chi connectivity index (χ1) is 13.2. The third kappa shape index (κ3) is 2.54. The van der Waals surface area contributed by atoms with E-state index in [1.54, 1.807) is 29.7 Å². The Morgan fingerprint density at radius 1 is 1.15 bits per heavy atom. The summed E-state index contributed by atoms with van der Waals surface area (Å²) < 4.78 is 2.46. The molecule has 0 spiro atoms. The van der Waals surface area contributed by atoms with Gasteiger partial charge in [-0.2, -0.15) is 14.8 Å². The summed E-state index contributed by atoms with van der Waals surface area (Å²) in [6.07, 6.45) is 4.31. The van der Waals surface area contributed by atoms with Gasteiger partial charge in [-0.3, -0.25) is 15.0 Å². The molecular formula is C17H10N6O2S2. The molecule has 0 aromatic carbocycles. The number of thiophene rings is 2. The lowest BCUT2D eigenvalue weighted by molar-refractivity contribution is 0.101. The molecule has 5 aromatic rings. The highest BCUT2D eigenvalue weighted by atomic mass is 32.1. The Morgan fingerprint density at radius 3 is 2.93 bits per heavy atom. The molecule has 0 saturated carbocycles. The minimum atomic E-state index is -0.464. The lowest BCUT2D eigenvalue weighted by Gasteiger charge is -2.07. The summed E-state index contributed by atoms with van der Waals surface area (Å²) in [4.78, 5) is 31.5. The van der Waals surface area contributed by atoms with Gasteiger partial charge in [-0.15, -0.1) is 22.7 Å². The number of amides is 1. The van der Waals surface area contributed by atoms with E-state index in [2.05, 4.69) is 20.6 Å². The van der Waals surface area contributed by atoms with Gasteiger partial charge in [0, 0.05) is 22.0 Å². The number of nitrogens with zero attached hydrogens (tertiary/aromatic N) is 5. The number of carbonyl (C=O) groups is 1. The SMILES string of the molecule is O=C(Nn1cnc2scc(-c3cccs3)c2c1=O)c1cnn2ncccc12. The minimum Gasteiger partial charge on any atom is -0.267 e. The van der Waals surface area contributed by atoms with E-state index in [4.69, 9.17) is 0 Å². The first-order valence-corrected chi connectivity index (χ1v) is 9.61. The van der Waals surface area contributed by atoms with Crippen LogP contribution in [0.1, 0.15) is 10.4 Å². The minimum absolute atomic E-state index is 0.318. The molecule has 0 radical (unpaired) electrons. The molecule has 0 saturated heterocycles. The van der Waals surface area contributed by atoms with E-state index >= 15 is 0 Å². The molecule has 5 heterocycles. The molecule has 0 unspecified atom stereocenters. The fourth-order valence-corrected chi connectivity index (χ4v) is 4.52. The second-order valence-electron chi connectivity index (χ2n) is 5.62. The van der Waals surface area contributed by atoms with Crippen molar-refractivity contribution in [2.45, 2.75) is 0 Å². The molecule has 0 bridgehead atoms. The Kier molecular flexibility index (Phi) is 3.59. The first kappa shape index (κ1) is 15.9. The summed E-state index contributed by atoms with van der Waals surface area (Å²) in [7, 11) is 0. The predicted octanol–water partition coefficient (Wildman–Crippen LogP) is 2.61. The molecule has 132 valence electrons. The molecule has 0 aliphatic carbocycles. The van der Waals surface area contributed by atoms with Crippen molar-refractivity contribution < 1.29 is 4.79 Å². The number of carbonyl (C=O) groups excluding carboxylic acids is 1. The fourth-order valence-electron chi connectivity index (χ4n) is 2.80. The molecule has 8 nitrogen and oxygen atoms in total. The van der Waals surface area contributed by atoms with Crippen LogP contribution in [0.15, 0.2) is 58.5 Å². The number of aromatic nitrogens is 5. The Hall–Kier alpha value is -3.37. The summed E-state index contributed by atoms with van der Waals surface area (Å²) in [5, 5.41) is 12.4. The van der Waals surface area contributed by atoms with Crippen molar-refractivity contribution in [3.05, 3.63) is 69.7 Å². The largest absolute Gasteiger partial charge is 0.281 e. The van der Waals surface area contributed by atoms with Crippen molar-refractivity contribution in [2.75, 3.05) is 5.43 Å². The van der Waals surface area contributed by atoms with Gasteiger partial charge < -0.3 is 0 Å². The Labute approximate surface area is 159 Å². The Bertz CT molecular complexity index is 1350. The standard InChI is InChI=1S/C17H10N6O2S2/c24-15(10-7-20-23-12(10)3-1-5-19-23)21-22-9-18-16-14(17(22)25)11(8-27-16)13-4-2-6-26-13/h1-9H,(H,21,24). The van der Waals surface area contributed by atoms with E-state index < -0.39 is 5.91 Å². The maximum absolute atomic E-state index is 13.0. The van der Waals surface area contributed by atoms with E-state index in [-0.39, 0.29) is 5.56 Å². The summed E-state index contributed by atoms with van der Waals surface area (Å²) >= 11 is 2.95. The van der Waals surface area contributed by atoms with Gasteiger partial charge in [-0.05, 0) is 23.6 Å². The lowest BCUT2D eigenvalue weighted by atomic mass is 10.2. The van der Waals surface area contributed by atoms with Crippen LogP contribution in [0.5, 0.6) is 0 Å². The van der Waals surface area contributed by atoms with E-state index in [1.165, 1.54) is 28.5 Å². The third-order valence-electron chi connectivity index (χ3n) is 4.05. The normalized spacial score (nSPS) is 11.3. The average molecular weight is 394 g/mol. The quantitative estimate of drug-likeness (QED) is 0.508. The van der Waals surface area contributed by atoms with Crippen LogP contribution in [0.4, 0.5) is 0 Å². The molecule has 5 aromatic heterocycles. The van der Waals surface area contributed by atoms with Gasteiger partial charge in [0.1, 0.15) is 16.7 Å². The molecule has 10 heteroatoms. The molecular weight excluding hydrogens is 384 g/mol.